The summed E-state index contributed by atoms with van der Waals surface area (Å²) in [5.41, 5.74) is 0. The molecule has 0 fully saturated rings. The van der Waals surface area contributed by atoms with Crippen LogP contribution in [0.1, 0.15) is 213 Å². The summed E-state index contributed by atoms with van der Waals surface area (Å²) in [6, 6.07) is 0. The maximum absolute atomic E-state index is 12.9. The number of ether oxygens (including phenoxy) is 3. The minimum Gasteiger partial charge on any atom is -0.461 e. The number of phosphoric acid groups is 1. The molecule has 78 heavy (non-hydrogen) atoms. The maximum atomic E-state index is 12.9. The molecule has 12 heteroatoms. The first-order valence-corrected chi connectivity index (χ1v) is 31.2. The fraction of sp³-hybridized carbons (Fsp3) is 0.591. The Balaban J connectivity index is 4.92. The normalized spacial score (nSPS) is 14.4. The van der Waals surface area contributed by atoms with Gasteiger partial charge in [-0.25, -0.2) is 4.57 Å². The number of carbonyl (C=O) groups excluding carboxylic acids is 3. The monoisotopic (exact) mass is 1100 g/mol. The van der Waals surface area contributed by atoms with E-state index in [1.165, 1.54) is 57.8 Å². The highest BCUT2D eigenvalue weighted by molar-refractivity contribution is 7.47. The van der Waals surface area contributed by atoms with E-state index in [0.29, 0.717) is 25.7 Å². The molecule has 0 aromatic carbocycles. The summed E-state index contributed by atoms with van der Waals surface area (Å²) in [5, 5.41) is 9.83. The number of unbranched alkanes of at least 4 members (excludes halogenated alkanes) is 13. The molecule has 0 rings (SSSR count). The van der Waals surface area contributed by atoms with Crippen LogP contribution < -0.4 is 0 Å². The van der Waals surface area contributed by atoms with E-state index in [2.05, 4.69) is 136 Å². The summed E-state index contributed by atoms with van der Waals surface area (Å²) < 4.78 is 39.3. The van der Waals surface area contributed by atoms with Crippen LogP contribution in [0.3, 0.4) is 0 Å². The molecule has 0 aliphatic carbocycles. The van der Waals surface area contributed by atoms with Crippen molar-refractivity contribution in [2.75, 3.05) is 26.4 Å². The van der Waals surface area contributed by atoms with Crippen molar-refractivity contribution in [3.63, 3.8) is 0 Å². The average molecular weight is 1110 g/mol. The summed E-state index contributed by atoms with van der Waals surface area (Å²) in [4.78, 5) is 48.5. The number of esters is 3. The molecular weight excluding hydrogens is 1000 g/mol. The van der Waals surface area contributed by atoms with Crippen LogP contribution in [0.25, 0.3) is 0 Å². The summed E-state index contributed by atoms with van der Waals surface area (Å²) in [5.74, 6) is -1.74. The molecule has 11 nitrogen and oxygen atoms in total. The minimum absolute atomic E-state index is 0.0148. The molecule has 3 atom stereocenters. The Bertz CT molecular complexity index is 1860. The van der Waals surface area contributed by atoms with E-state index in [1.54, 1.807) is 6.08 Å². The van der Waals surface area contributed by atoms with E-state index in [9.17, 15) is 28.9 Å². The molecule has 0 bridgehead atoms. The van der Waals surface area contributed by atoms with Crippen molar-refractivity contribution in [3.05, 3.63) is 146 Å². The van der Waals surface area contributed by atoms with Crippen LogP contribution in [-0.2, 0) is 42.2 Å². The van der Waals surface area contributed by atoms with Gasteiger partial charge in [-0.15, -0.1) is 0 Å². The van der Waals surface area contributed by atoms with Crippen LogP contribution in [0, 0.1) is 0 Å². The average Bonchev–Trinajstić information content (AvgIpc) is 3.43. The van der Waals surface area contributed by atoms with E-state index in [1.807, 2.05) is 24.3 Å². The van der Waals surface area contributed by atoms with Gasteiger partial charge in [-0.1, -0.05) is 231 Å². The Morgan fingerprint density at radius 1 is 0.385 bits per heavy atom. The number of rotatable bonds is 53. The predicted octanol–water partition coefficient (Wildman–Crippen LogP) is 17.9. The molecule has 2 N–H and O–H groups in total. The first-order valence-electron chi connectivity index (χ1n) is 29.7. The highest BCUT2D eigenvalue weighted by atomic mass is 31.2. The van der Waals surface area contributed by atoms with Crippen LogP contribution in [0.15, 0.2) is 146 Å². The van der Waals surface area contributed by atoms with Gasteiger partial charge >= 0.3 is 25.7 Å². The van der Waals surface area contributed by atoms with Gasteiger partial charge in [0.25, 0.3) is 0 Å². The quantitative estimate of drug-likeness (QED) is 0.0197. The highest BCUT2D eigenvalue weighted by Gasteiger charge is 2.28. The van der Waals surface area contributed by atoms with Crippen molar-refractivity contribution in [1.82, 2.24) is 0 Å². The summed E-state index contributed by atoms with van der Waals surface area (Å²) in [6.45, 7) is 4.20. The molecule has 0 saturated carbocycles. The van der Waals surface area contributed by atoms with E-state index in [-0.39, 0.29) is 19.3 Å². The molecule has 440 valence electrons. The van der Waals surface area contributed by atoms with Crippen LogP contribution in [0.5, 0.6) is 0 Å². The molecule has 3 unspecified atom stereocenters. The number of aliphatic hydroxyl groups excluding tert-OH is 1. The summed E-state index contributed by atoms with van der Waals surface area (Å²) >= 11 is 0. The van der Waals surface area contributed by atoms with Crippen LogP contribution in [0.4, 0.5) is 0 Å². The number of allylic oxidation sites excluding steroid dienone is 23. The van der Waals surface area contributed by atoms with Gasteiger partial charge in [0.15, 0.2) is 6.10 Å². The fourth-order valence-corrected chi connectivity index (χ4v) is 8.12. The van der Waals surface area contributed by atoms with Gasteiger partial charge in [0, 0.05) is 12.8 Å². The zero-order chi connectivity index (χ0) is 56.9. The Labute approximate surface area is 473 Å². The molecule has 0 aliphatic rings. The Morgan fingerprint density at radius 2 is 0.731 bits per heavy atom. The SMILES string of the molecule is CC/C=C\C/C=C\C/C=C\C/C=C\C/C=C\C/C=C\CCC(=O)OC(COC(=O)C/C=C\C/C=C\C/C=C\C/C=C\C/C=C\CC)COP(=O)(O)OCC(CO)OC(=O)CCCCCCCCC/C=C\CCCCCCCC. The second-order valence-electron chi connectivity index (χ2n) is 19.1. The number of phosphoric ester groups is 1. The summed E-state index contributed by atoms with van der Waals surface area (Å²) in [6.07, 6.45) is 75.6. The first-order chi connectivity index (χ1) is 38.2. The fourth-order valence-electron chi connectivity index (χ4n) is 7.33. The lowest BCUT2D eigenvalue weighted by atomic mass is 10.1. The zero-order valence-electron chi connectivity index (χ0n) is 48.6. The summed E-state index contributed by atoms with van der Waals surface area (Å²) in [7, 11) is -4.80. The third-order valence-electron chi connectivity index (χ3n) is 11.8. The molecule has 0 heterocycles. The molecule has 0 saturated heterocycles. The molecule has 0 aliphatic heterocycles. The smallest absolute Gasteiger partial charge is 0.461 e. The second kappa shape index (κ2) is 58.5. The van der Waals surface area contributed by atoms with Crippen molar-refractivity contribution < 1.29 is 52.2 Å². The predicted molar refractivity (Wildman–Crippen MR) is 325 cm³/mol. The Kier molecular flexibility index (Phi) is 55.0. The van der Waals surface area contributed by atoms with Crippen LogP contribution in [-0.4, -0.2) is 66.5 Å². The third-order valence-corrected chi connectivity index (χ3v) is 12.7. The van der Waals surface area contributed by atoms with E-state index >= 15 is 0 Å². The van der Waals surface area contributed by atoms with Crippen molar-refractivity contribution >= 4 is 25.7 Å². The third kappa shape index (κ3) is 56.1. The van der Waals surface area contributed by atoms with Crippen molar-refractivity contribution in [1.29, 1.82) is 0 Å². The van der Waals surface area contributed by atoms with Crippen LogP contribution in [0.2, 0.25) is 0 Å². The molecular formula is C66H105O11P. The number of carbonyl (C=O) groups is 3. The minimum atomic E-state index is -4.80. The molecule has 0 radical (unpaired) electrons. The van der Waals surface area contributed by atoms with Crippen molar-refractivity contribution in [2.24, 2.45) is 0 Å². The highest BCUT2D eigenvalue weighted by Crippen LogP contribution is 2.43. The van der Waals surface area contributed by atoms with Gasteiger partial charge in [-0.05, 0) is 109 Å². The lowest BCUT2D eigenvalue weighted by molar-refractivity contribution is -0.160. The van der Waals surface area contributed by atoms with Gasteiger partial charge in [0.2, 0.25) is 0 Å². The van der Waals surface area contributed by atoms with Crippen LogP contribution >= 0.6 is 7.82 Å². The molecule has 0 spiro atoms. The van der Waals surface area contributed by atoms with Crippen molar-refractivity contribution in [2.45, 2.75) is 226 Å². The molecule has 0 aromatic heterocycles. The lowest BCUT2D eigenvalue weighted by Crippen LogP contribution is -2.30. The van der Waals surface area contributed by atoms with Gasteiger partial charge in [-0.2, -0.15) is 0 Å². The van der Waals surface area contributed by atoms with E-state index in [0.717, 1.165) is 89.9 Å². The van der Waals surface area contributed by atoms with Gasteiger partial charge in [-0.3, -0.25) is 23.4 Å². The topological polar surface area (TPSA) is 155 Å². The van der Waals surface area contributed by atoms with Crippen molar-refractivity contribution in [3.8, 4) is 0 Å². The number of aliphatic hydroxyl groups is 1. The lowest BCUT2D eigenvalue weighted by Gasteiger charge is -2.21. The number of hydrogen-bond acceptors (Lipinski definition) is 10. The second-order valence-corrected chi connectivity index (χ2v) is 20.5. The van der Waals surface area contributed by atoms with E-state index in [4.69, 9.17) is 23.3 Å². The standard InChI is InChI=1S/C66H105O11P/c1-4-7-10-13-16-19-22-25-28-30-31-33-36-39-42-45-48-51-54-57-66(70)77-63(59-73-64(68)55-52-49-46-43-40-37-34-27-24-21-18-15-12-9-6-3)61-75-78(71,72)74-60-62(58-67)76-65(69)56-53-50-47-44-41-38-35-32-29-26-23-20-17-14-11-8-5-2/h7,9-10,12,16,18-19,21,25-29,31,33-34,39-40,42-43,48-49,51-52,62-63,67H,4-6,8,11,13-15,17,20,22-24,30,32,35-38,41,44-47,50,53-61H2,1-3H3,(H,71,72)/b10-7-,12-9-,19-16-,21-18-,28-25-,29-26-,33-31-,34-27-,42-39-,43-40-,51-48-,52-49-. The maximum Gasteiger partial charge on any atom is 0.472 e. The Morgan fingerprint density at radius 3 is 1.17 bits per heavy atom. The first kappa shape index (κ1) is 73.4. The zero-order valence-corrected chi connectivity index (χ0v) is 49.5. The largest absolute Gasteiger partial charge is 0.472 e. The molecule has 0 aromatic rings. The van der Waals surface area contributed by atoms with Gasteiger partial charge in [0.1, 0.15) is 12.7 Å². The van der Waals surface area contributed by atoms with Gasteiger partial charge in [0.05, 0.1) is 26.2 Å². The Hall–Kier alpha value is -4.64. The molecule has 0 amide bonds. The van der Waals surface area contributed by atoms with Gasteiger partial charge < -0.3 is 24.2 Å². The number of hydrogen-bond donors (Lipinski definition) is 2. The van der Waals surface area contributed by atoms with E-state index < -0.39 is 64.4 Å².